The average molecular weight is 339 g/mol. The number of esters is 1. The van der Waals surface area contributed by atoms with Gasteiger partial charge >= 0.3 is 5.97 Å². The van der Waals surface area contributed by atoms with Crippen molar-refractivity contribution in [3.63, 3.8) is 0 Å². The Morgan fingerprint density at radius 1 is 1.12 bits per heavy atom. The average Bonchev–Trinajstić information content (AvgIpc) is 3.02. The van der Waals surface area contributed by atoms with E-state index in [9.17, 15) is 9.59 Å². The summed E-state index contributed by atoms with van der Waals surface area (Å²) in [6.45, 7) is 1.88. The number of carbonyl (C=O) groups is 2. The van der Waals surface area contributed by atoms with E-state index in [1.165, 1.54) is 7.11 Å². The Morgan fingerprint density at radius 2 is 1.92 bits per heavy atom. The van der Waals surface area contributed by atoms with E-state index in [-0.39, 0.29) is 17.9 Å². The van der Waals surface area contributed by atoms with Crippen LogP contribution in [0.4, 0.5) is 0 Å². The number of nitrogens with one attached hydrogen (secondary N) is 1. The lowest BCUT2D eigenvalue weighted by Gasteiger charge is -2.16. The van der Waals surface area contributed by atoms with E-state index in [4.69, 9.17) is 9.47 Å². The topological polar surface area (TPSA) is 64.6 Å². The molecule has 0 bridgehead atoms. The number of benzene rings is 2. The van der Waals surface area contributed by atoms with Crippen LogP contribution in [0.5, 0.6) is 5.75 Å². The van der Waals surface area contributed by atoms with Crippen LogP contribution >= 0.6 is 0 Å². The van der Waals surface area contributed by atoms with Crippen molar-refractivity contribution in [3.8, 4) is 5.75 Å². The zero-order valence-electron chi connectivity index (χ0n) is 14.6. The van der Waals surface area contributed by atoms with Crippen LogP contribution in [0.1, 0.15) is 49.9 Å². The van der Waals surface area contributed by atoms with Gasteiger partial charge in [0.05, 0.1) is 25.8 Å². The molecule has 2 aromatic carbocycles. The van der Waals surface area contributed by atoms with Crippen LogP contribution in [0.2, 0.25) is 0 Å². The lowest BCUT2D eigenvalue weighted by atomic mass is 10.0. The van der Waals surface area contributed by atoms with Crippen LogP contribution in [0, 0.1) is 6.92 Å². The fraction of sp³-hybridized carbons (Fsp3) is 0.300. The number of aryl methyl sites for hydroxylation is 2. The second kappa shape index (κ2) is 6.97. The van der Waals surface area contributed by atoms with Gasteiger partial charge in [0.15, 0.2) is 0 Å². The highest BCUT2D eigenvalue weighted by atomic mass is 16.5. The van der Waals surface area contributed by atoms with Gasteiger partial charge in [-0.1, -0.05) is 6.07 Å². The second-order valence-electron chi connectivity index (χ2n) is 6.15. The molecule has 1 aliphatic carbocycles. The Kier molecular flexibility index (Phi) is 4.74. The summed E-state index contributed by atoms with van der Waals surface area (Å²) in [6.07, 6.45) is 1.70. The summed E-state index contributed by atoms with van der Waals surface area (Å²) in [4.78, 5) is 24.4. The van der Waals surface area contributed by atoms with Crippen molar-refractivity contribution in [3.05, 3.63) is 64.2 Å². The minimum atomic E-state index is -0.370. The molecule has 0 radical (unpaired) electrons. The third-order valence-corrected chi connectivity index (χ3v) is 4.63. The number of hydrogen-bond donors (Lipinski definition) is 1. The van der Waals surface area contributed by atoms with Crippen molar-refractivity contribution in [2.75, 3.05) is 14.2 Å². The monoisotopic (exact) mass is 339 g/mol. The number of carbonyl (C=O) groups excluding carboxylic acids is 2. The molecule has 0 aromatic heterocycles. The first kappa shape index (κ1) is 17.0. The van der Waals surface area contributed by atoms with E-state index in [1.807, 2.05) is 25.1 Å². The Hall–Kier alpha value is -2.82. The first-order valence-electron chi connectivity index (χ1n) is 8.20. The molecule has 3 rings (SSSR count). The molecule has 1 amide bonds. The quantitative estimate of drug-likeness (QED) is 0.869. The van der Waals surface area contributed by atoms with Gasteiger partial charge in [-0.2, -0.15) is 0 Å². The van der Waals surface area contributed by atoms with Crippen LogP contribution in [0.15, 0.2) is 36.4 Å². The normalized spacial score (nSPS) is 15.4. The minimum Gasteiger partial charge on any atom is -0.497 e. The largest absolute Gasteiger partial charge is 0.497 e. The molecule has 0 saturated heterocycles. The van der Waals surface area contributed by atoms with E-state index in [2.05, 4.69) is 5.32 Å². The fourth-order valence-corrected chi connectivity index (χ4v) is 3.25. The third-order valence-electron chi connectivity index (χ3n) is 4.63. The third kappa shape index (κ3) is 3.36. The van der Waals surface area contributed by atoms with Gasteiger partial charge in [0, 0.05) is 5.56 Å². The first-order valence-corrected chi connectivity index (χ1v) is 8.20. The standard InChI is InChI=1S/C20H21NO4/c1-12-10-15(24-2)7-8-16(12)19(22)21-18-9-6-13-4-5-14(11-17(13)18)20(23)25-3/h4-5,7-8,10-11,18H,6,9H2,1-3H3,(H,21,22)/t18-/m1/s1. The molecule has 1 aliphatic rings. The summed E-state index contributed by atoms with van der Waals surface area (Å²) in [5, 5.41) is 3.08. The highest BCUT2D eigenvalue weighted by Gasteiger charge is 2.26. The summed E-state index contributed by atoms with van der Waals surface area (Å²) in [5.41, 5.74) is 4.13. The maximum Gasteiger partial charge on any atom is 0.337 e. The van der Waals surface area contributed by atoms with E-state index in [1.54, 1.807) is 25.3 Å². The molecule has 0 spiro atoms. The van der Waals surface area contributed by atoms with E-state index in [0.717, 1.165) is 35.3 Å². The van der Waals surface area contributed by atoms with Gasteiger partial charge in [0.2, 0.25) is 0 Å². The van der Waals surface area contributed by atoms with Crippen LogP contribution in [0.25, 0.3) is 0 Å². The lowest BCUT2D eigenvalue weighted by Crippen LogP contribution is -2.27. The molecular formula is C20H21NO4. The Balaban J connectivity index is 1.81. The Morgan fingerprint density at radius 3 is 2.60 bits per heavy atom. The minimum absolute atomic E-state index is 0.103. The van der Waals surface area contributed by atoms with Crippen LogP contribution < -0.4 is 10.1 Å². The van der Waals surface area contributed by atoms with Crippen molar-refractivity contribution >= 4 is 11.9 Å². The lowest BCUT2D eigenvalue weighted by molar-refractivity contribution is 0.0600. The Bertz CT molecular complexity index is 828. The predicted octanol–water partition coefficient (Wildman–Crippen LogP) is 3.21. The van der Waals surface area contributed by atoms with Crippen molar-refractivity contribution in [2.45, 2.75) is 25.8 Å². The first-order chi connectivity index (χ1) is 12.0. The molecule has 0 heterocycles. The molecule has 0 aliphatic heterocycles. The summed E-state index contributed by atoms with van der Waals surface area (Å²) in [7, 11) is 2.96. The molecule has 0 fully saturated rings. The molecule has 5 nitrogen and oxygen atoms in total. The SMILES string of the molecule is COC(=O)c1ccc2c(c1)[C@H](NC(=O)c1ccc(OC)cc1C)CC2. The maximum absolute atomic E-state index is 12.7. The molecule has 0 unspecified atom stereocenters. The fourth-order valence-electron chi connectivity index (χ4n) is 3.25. The van der Waals surface area contributed by atoms with Gasteiger partial charge in [-0.05, 0) is 66.8 Å². The van der Waals surface area contributed by atoms with Gasteiger partial charge in [-0.15, -0.1) is 0 Å². The number of fused-ring (bicyclic) bond motifs is 1. The van der Waals surface area contributed by atoms with E-state index in [0.29, 0.717) is 11.1 Å². The van der Waals surface area contributed by atoms with Gasteiger partial charge in [0.1, 0.15) is 5.75 Å². The molecule has 1 atom stereocenters. The number of methoxy groups -OCH3 is 2. The molecule has 25 heavy (non-hydrogen) atoms. The van der Waals surface area contributed by atoms with Gasteiger partial charge in [-0.3, -0.25) is 4.79 Å². The molecule has 5 heteroatoms. The number of ether oxygens (including phenoxy) is 2. The van der Waals surface area contributed by atoms with Crippen LogP contribution in [-0.4, -0.2) is 26.1 Å². The number of amides is 1. The molecule has 2 aromatic rings. The molecule has 130 valence electrons. The summed E-state index contributed by atoms with van der Waals surface area (Å²) < 4.78 is 9.96. The number of hydrogen-bond acceptors (Lipinski definition) is 4. The molecule has 0 saturated carbocycles. The van der Waals surface area contributed by atoms with Crippen LogP contribution in [0.3, 0.4) is 0 Å². The van der Waals surface area contributed by atoms with Gasteiger partial charge < -0.3 is 14.8 Å². The highest BCUT2D eigenvalue weighted by Crippen LogP contribution is 2.32. The van der Waals surface area contributed by atoms with Crippen molar-refractivity contribution in [1.82, 2.24) is 5.32 Å². The molecular weight excluding hydrogens is 318 g/mol. The van der Waals surface area contributed by atoms with E-state index >= 15 is 0 Å². The van der Waals surface area contributed by atoms with Crippen molar-refractivity contribution < 1.29 is 19.1 Å². The van der Waals surface area contributed by atoms with Gasteiger partial charge in [0.25, 0.3) is 5.91 Å². The van der Waals surface area contributed by atoms with E-state index < -0.39 is 0 Å². The van der Waals surface area contributed by atoms with Gasteiger partial charge in [-0.25, -0.2) is 4.79 Å². The maximum atomic E-state index is 12.7. The summed E-state index contributed by atoms with van der Waals surface area (Å²) in [5.74, 6) is 0.232. The van der Waals surface area contributed by atoms with Crippen LogP contribution in [-0.2, 0) is 11.2 Å². The number of rotatable bonds is 4. The zero-order chi connectivity index (χ0) is 18.0. The smallest absolute Gasteiger partial charge is 0.337 e. The molecule has 1 N–H and O–H groups in total. The zero-order valence-corrected chi connectivity index (χ0v) is 14.6. The Labute approximate surface area is 147 Å². The predicted molar refractivity (Wildman–Crippen MR) is 94.0 cm³/mol. The van der Waals surface area contributed by atoms with Crippen molar-refractivity contribution in [2.24, 2.45) is 0 Å². The highest BCUT2D eigenvalue weighted by molar-refractivity contribution is 5.96. The summed E-state index contributed by atoms with van der Waals surface area (Å²) >= 11 is 0. The van der Waals surface area contributed by atoms with Crippen molar-refractivity contribution in [1.29, 1.82) is 0 Å². The summed E-state index contributed by atoms with van der Waals surface area (Å²) in [6, 6.07) is 10.8. The second-order valence-corrected chi connectivity index (χ2v) is 6.15.